The van der Waals surface area contributed by atoms with Gasteiger partial charge in [-0.2, -0.15) is 0 Å². The number of carbonyl (C=O) groups is 1. The molecule has 230 valence electrons. The minimum atomic E-state index is -0.290. The zero-order chi connectivity index (χ0) is 30.9. The molecule has 2 aliphatic rings. The molecule has 0 saturated heterocycles. The lowest BCUT2D eigenvalue weighted by Crippen LogP contribution is -2.31. The Balaban J connectivity index is 1.24. The van der Waals surface area contributed by atoms with Gasteiger partial charge in [-0.1, -0.05) is 60.7 Å². The van der Waals surface area contributed by atoms with Crippen molar-refractivity contribution < 1.29 is 9.18 Å². The monoisotopic (exact) mass is 706 g/mol. The highest BCUT2D eigenvalue weighted by Crippen LogP contribution is 2.37. The first-order valence-electron chi connectivity index (χ1n) is 15.5. The number of aromatic nitrogens is 2. The molecular weight excluding hydrogens is 666 g/mol. The maximum absolute atomic E-state index is 14.9. The molecule has 1 atom stereocenters. The van der Waals surface area contributed by atoms with Crippen molar-refractivity contribution in [1.82, 2.24) is 20.2 Å². The van der Waals surface area contributed by atoms with Crippen molar-refractivity contribution in [2.24, 2.45) is 10.9 Å². The van der Waals surface area contributed by atoms with E-state index in [2.05, 4.69) is 69.1 Å². The Morgan fingerprint density at radius 1 is 1.07 bits per heavy atom. The molecule has 9 heteroatoms. The van der Waals surface area contributed by atoms with E-state index in [0.29, 0.717) is 41.8 Å². The molecule has 3 aromatic rings. The minimum Gasteiger partial charge on any atom is -0.352 e. The van der Waals surface area contributed by atoms with E-state index in [1.54, 1.807) is 18.3 Å². The summed E-state index contributed by atoms with van der Waals surface area (Å²) in [5, 5.41) is 6.34. The summed E-state index contributed by atoms with van der Waals surface area (Å²) in [6.45, 7) is 8.59. The normalized spacial score (nSPS) is 15.8. The van der Waals surface area contributed by atoms with Crippen LogP contribution in [0.5, 0.6) is 0 Å². The van der Waals surface area contributed by atoms with Crippen LogP contribution in [0.2, 0.25) is 0 Å². The van der Waals surface area contributed by atoms with Gasteiger partial charge < -0.3 is 15.5 Å². The maximum atomic E-state index is 14.9. The van der Waals surface area contributed by atoms with Crippen LogP contribution in [0.15, 0.2) is 77.4 Å². The summed E-state index contributed by atoms with van der Waals surface area (Å²) in [6.07, 6.45) is 10.3. The third-order valence-electron chi connectivity index (χ3n) is 7.83. The van der Waals surface area contributed by atoms with E-state index in [9.17, 15) is 9.18 Å². The smallest absolute Gasteiger partial charge is 0.251 e. The Bertz CT molecular complexity index is 1550. The lowest BCUT2D eigenvalue weighted by atomic mass is 9.85. The predicted molar refractivity (Wildman–Crippen MR) is 185 cm³/mol. The van der Waals surface area contributed by atoms with E-state index in [1.807, 2.05) is 30.3 Å². The van der Waals surface area contributed by atoms with Crippen molar-refractivity contribution in [3.8, 4) is 0 Å². The number of anilines is 2. The Labute approximate surface area is 273 Å². The third-order valence-corrected chi connectivity index (χ3v) is 8.60. The number of amides is 1. The molecule has 1 aromatic heterocycles. The van der Waals surface area contributed by atoms with Crippen LogP contribution in [0.3, 0.4) is 0 Å². The van der Waals surface area contributed by atoms with Crippen LogP contribution in [0.1, 0.15) is 66.7 Å². The summed E-state index contributed by atoms with van der Waals surface area (Å²) in [5.74, 6) is 0.398. The molecule has 1 amide bonds. The molecule has 44 heavy (non-hydrogen) atoms. The quantitative estimate of drug-likeness (QED) is 0.110. The van der Waals surface area contributed by atoms with Gasteiger partial charge in [0.1, 0.15) is 5.82 Å². The first kappa shape index (κ1) is 32.0. The van der Waals surface area contributed by atoms with Gasteiger partial charge in [0.05, 0.1) is 18.0 Å². The summed E-state index contributed by atoms with van der Waals surface area (Å²) < 4.78 is 16.0. The molecule has 5 rings (SSSR count). The minimum absolute atomic E-state index is 0.0735. The van der Waals surface area contributed by atoms with Crippen LogP contribution < -0.4 is 10.6 Å². The van der Waals surface area contributed by atoms with E-state index < -0.39 is 0 Å². The predicted octanol–water partition coefficient (Wildman–Crippen LogP) is 7.37. The van der Waals surface area contributed by atoms with E-state index in [4.69, 9.17) is 9.98 Å². The summed E-state index contributed by atoms with van der Waals surface area (Å²) >= 11 is 2.42. The zero-order valence-corrected chi connectivity index (χ0v) is 27.6. The lowest BCUT2D eigenvalue weighted by molar-refractivity contribution is 0.0951. The van der Waals surface area contributed by atoms with Gasteiger partial charge in [0, 0.05) is 50.7 Å². The summed E-state index contributed by atoms with van der Waals surface area (Å²) in [7, 11) is 0. The molecule has 1 unspecified atom stereocenters. The lowest BCUT2D eigenvalue weighted by Gasteiger charge is -2.21. The third kappa shape index (κ3) is 7.98. The number of nitrogens with one attached hydrogen (secondary N) is 2. The van der Waals surface area contributed by atoms with E-state index in [1.165, 1.54) is 16.9 Å². The second-order valence-electron chi connectivity index (χ2n) is 11.3. The molecule has 0 bridgehead atoms. The average molecular weight is 707 g/mol. The number of alkyl halides is 1. The van der Waals surface area contributed by atoms with Crippen molar-refractivity contribution in [2.45, 2.75) is 46.1 Å². The van der Waals surface area contributed by atoms with Gasteiger partial charge in [-0.05, 0) is 87.6 Å². The summed E-state index contributed by atoms with van der Waals surface area (Å²) in [6, 6.07) is 14.1. The first-order valence-corrected chi connectivity index (χ1v) is 17.0. The SMILES string of the molecule is CCCN(CCCI)CCCNC(=O)c1ccc(Nc2ncc3c(n2)C2=CCC(C)C=C2C(c2ccccc2F)=NC3)cc1. The number of benzene rings is 2. The number of allylic oxidation sites excluding steroid dienone is 4. The van der Waals surface area contributed by atoms with Gasteiger partial charge in [-0.25, -0.2) is 14.4 Å². The van der Waals surface area contributed by atoms with Gasteiger partial charge in [-0.3, -0.25) is 9.79 Å². The first-order chi connectivity index (χ1) is 21.5. The highest BCUT2D eigenvalue weighted by atomic mass is 127. The molecule has 0 fully saturated rings. The standard InChI is InChI=1S/C35H40FIN6O/c1-3-18-43(19-6-16-37)20-7-17-38-34(44)25-11-13-27(14-12-25)41-35-40-23-26-22-39-33(29-8-4-5-9-31(29)36)30-21-24(2)10-15-28(30)32(26)42-35/h4-5,8-9,11-15,21,23-24H,3,6-7,10,16-20,22H2,1-2H3,(H,38,44)(H,40,41,42). The van der Waals surface area contributed by atoms with Crippen molar-refractivity contribution >= 4 is 51.4 Å². The number of hydrogen-bond donors (Lipinski definition) is 2. The highest BCUT2D eigenvalue weighted by molar-refractivity contribution is 14.1. The Morgan fingerprint density at radius 2 is 1.86 bits per heavy atom. The Hall–Kier alpha value is -3.44. The van der Waals surface area contributed by atoms with Gasteiger partial charge in [0.25, 0.3) is 5.91 Å². The highest BCUT2D eigenvalue weighted by Gasteiger charge is 2.27. The second-order valence-corrected chi connectivity index (χ2v) is 12.4. The summed E-state index contributed by atoms with van der Waals surface area (Å²) in [4.78, 5) is 29.5. The van der Waals surface area contributed by atoms with Gasteiger partial charge in [0.2, 0.25) is 5.95 Å². The molecule has 2 N–H and O–H groups in total. The van der Waals surface area contributed by atoms with E-state index in [0.717, 1.165) is 67.0 Å². The molecule has 2 aromatic carbocycles. The Kier molecular flexibility index (Phi) is 11.3. The fourth-order valence-electron chi connectivity index (χ4n) is 5.61. The van der Waals surface area contributed by atoms with Crippen LogP contribution >= 0.6 is 22.6 Å². The van der Waals surface area contributed by atoms with Crippen molar-refractivity contribution in [3.63, 3.8) is 0 Å². The van der Waals surface area contributed by atoms with Crippen molar-refractivity contribution in [3.05, 3.63) is 101 Å². The molecule has 0 saturated carbocycles. The number of aliphatic imine (C=N–C) groups is 1. The van der Waals surface area contributed by atoms with Crippen molar-refractivity contribution in [2.75, 3.05) is 35.9 Å². The van der Waals surface area contributed by atoms with Crippen LogP contribution in [-0.2, 0) is 6.54 Å². The molecule has 0 spiro atoms. The van der Waals surface area contributed by atoms with Gasteiger partial charge in [-0.15, -0.1) is 0 Å². The number of fused-ring (bicyclic) bond motifs is 3. The number of carbonyl (C=O) groups excluding carboxylic acids is 1. The fourth-order valence-corrected chi connectivity index (χ4v) is 5.95. The zero-order valence-electron chi connectivity index (χ0n) is 25.5. The molecule has 1 aliphatic heterocycles. The van der Waals surface area contributed by atoms with E-state index >= 15 is 0 Å². The van der Waals surface area contributed by atoms with Crippen LogP contribution in [-0.4, -0.2) is 57.1 Å². The number of hydrogen-bond acceptors (Lipinski definition) is 6. The van der Waals surface area contributed by atoms with Crippen LogP contribution in [0.25, 0.3) is 5.57 Å². The number of halogens is 2. The molecule has 1 aliphatic carbocycles. The molecule has 0 radical (unpaired) electrons. The largest absolute Gasteiger partial charge is 0.352 e. The number of nitrogens with zero attached hydrogens (tertiary/aromatic N) is 4. The van der Waals surface area contributed by atoms with Crippen LogP contribution in [0.4, 0.5) is 16.0 Å². The fraction of sp³-hybridized carbons (Fsp3) is 0.371. The Morgan fingerprint density at radius 3 is 2.64 bits per heavy atom. The van der Waals surface area contributed by atoms with Gasteiger partial charge in [0.15, 0.2) is 0 Å². The van der Waals surface area contributed by atoms with Crippen LogP contribution in [0, 0.1) is 11.7 Å². The number of rotatable bonds is 13. The molecule has 7 nitrogen and oxygen atoms in total. The second kappa shape index (κ2) is 15.5. The van der Waals surface area contributed by atoms with Gasteiger partial charge >= 0.3 is 0 Å². The topological polar surface area (TPSA) is 82.5 Å². The maximum Gasteiger partial charge on any atom is 0.251 e. The molecule has 2 heterocycles. The van der Waals surface area contributed by atoms with Crippen molar-refractivity contribution in [1.29, 1.82) is 0 Å². The van der Waals surface area contributed by atoms with E-state index in [-0.39, 0.29) is 11.7 Å². The summed E-state index contributed by atoms with van der Waals surface area (Å²) in [5.41, 5.74) is 6.10. The average Bonchev–Trinajstić information content (AvgIpc) is 3.18. The molecular formula is C35H40FIN6O.